The van der Waals surface area contributed by atoms with Gasteiger partial charge in [-0.25, -0.2) is 9.37 Å². The zero-order valence-electron chi connectivity index (χ0n) is 16.9. The molecule has 3 aromatic rings. The van der Waals surface area contributed by atoms with Gasteiger partial charge in [-0.2, -0.15) is 4.98 Å². The lowest BCUT2D eigenvalue weighted by atomic mass is 10.1. The maximum Gasteiger partial charge on any atom is 0.239 e. The fourth-order valence-electron chi connectivity index (χ4n) is 2.49. The Bertz CT molecular complexity index is 1030. The lowest BCUT2D eigenvalue weighted by Crippen LogP contribution is -2.33. The van der Waals surface area contributed by atoms with Gasteiger partial charge in [-0.3, -0.25) is 14.8 Å². The molecule has 1 amide bonds. The average Bonchev–Trinajstić information content (AvgIpc) is 2.74. The Morgan fingerprint density at radius 2 is 1.93 bits per heavy atom. The maximum atomic E-state index is 14.6. The minimum absolute atomic E-state index is 0.00701. The van der Waals surface area contributed by atoms with E-state index in [1.165, 1.54) is 37.6 Å². The minimum atomic E-state index is -0.574. The van der Waals surface area contributed by atoms with Crippen LogP contribution in [0.5, 0.6) is 11.6 Å². The number of aromatic nitrogens is 4. The third-order valence-corrected chi connectivity index (χ3v) is 4.41. The molecule has 2 aromatic heterocycles. The van der Waals surface area contributed by atoms with Crippen LogP contribution in [0.15, 0.2) is 43.0 Å². The van der Waals surface area contributed by atoms with Crippen molar-refractivity contribution >= 4 is 17.5 Å². The molecule has 30 heavy (non-hydrogen) atoms. The van der Waals surface area contributed by atoms with Crippen LogP contribution in [0, 0.1) is 5.82 Å². The molecule has 1 aromatic carbocycles. The molecule has 2 heterocycles. The van der Waals surface area contributed by atoms with Crippen molar-refractivity contribution < 1.29 is 13.9 Å². The van der Waals surface area contributed by atoms with Crippen molar-refractivity contribution in [3.63, 3.8) is 0 Å². The topological polar surface area (TPSA) is 110 Å². The number of nitrogen functional groups attached to an aromatic ring is 1. The average molecular weight is 411 g/mol. The molecule has 0 saturated carbocycles. The second kappa shape index (κ2) is 9.12. The molecule has 3 rings (SSSR count). The highest BCUT2D eigenvalue weighted by molar-refractivity contribution is 5.72. The highest BCUT2D eigenvalue weighted by Crippen LogP contribution is 2.28. The van der Waals surface area contributed by atoms with Gasteiger partial charge in [0, 0.05) is 39.7 Å². The van der Waals surface area contributed by atoms with Crippen molar-refractivity contribution in [1.82, 2.24) is 24.8 Å². The summed E-state index contributed by atoms with van der Waals surface area (Å²) in [6.07, 6.45) is 5.85. The standard InChI is InChI=1S/C20H22FN7O2/c1-13(29)27(2)6-7-28(3)19-11-23-12-20(26-19)30-17-5-4-14(8-15(17)21)16-9-25-18(22)10-24-16/h4-5,8-12H,6-7H2,1-3H3,(H2,22,25). The van der Waals surface area contributed by atoms with E-state index >= 15 is 0 Å². The number of benzene rings is 1. The number of halogens is 1. The van der Waals surface area contributed by atoms with E-state index in [4.69, 9.17) is 10.5 Å². The zero-order valence-corrected chi connectivity index (χ0v) is 16.9. The summed E-state index contributed by atoms with van der Waals surface area (Å²) >= 11 is 0. The molecule has 0 fully saturated rings. The van der Waals surface area contributed by atoms with Gasteiger partial charge in [0.2, 0.25) is 11.8 Å². The monoisotopic (exact) mass is 411 g/mol. The van der Waals surface area contributed by atoms with E-state index in [1.54, 1.807) is 24.2 Å². The quantitative estimate of drug-likeness (QED) is 0.631. The molecule has 0 bridgehead atoms. The summed E-state index contributed by atoms with van der Waals surface area (Å²) in [5.41, 5.74) is 6.56. The third-order valence-electron chi connectivity index (χ3n) is 4.41. The number of likely N-dealkylation sites (N-methyl/N-ethyl adjacent to an activating group) is 2. The first-order valence-electron chi connectivity index (χ1n) is 9.13. The van der Waals surface area contributed by atoms with Gasteiger partial charge in [0.05, 0.1) is 30.5 Å². The summed E-state index contributed by atoms with van der Waals surface area (Å²) in [5, 5.41) is 0. The first-order chi connectivity index (χ1) is 14.3. The van der Waals surface area contributed by atoms with Crippen LogP contribution >= 0.6 is 0 Å². The normalized spacial score (nSPS) is 10.5. The fraction of sp³-hybridized carbons (Fsp3) is 0.250. The van der Waals surface area contributed by atoms with E-state index in [0.29, 0.717) is 30.2 Å². The van der Waals surface area contributed by atoms with E-state index in [-0.39, 0.29) is 23.4 Å². The second-order valence-electron chi connectivity index (χ2n) is 6.65. The molecule has 0 radical (unpaired) electrons. The first kappa shape index (κ1) is 20.9. The molecule has 156 valence electrons. The van der Waals surface area contributed by atoms with Crippen LogP contribution in [0.2, 0.25) is 0 Å². The number of rotatable bonds is 7. The van der Waals surface area contributed by atoms with Gasteiger partial charge in [-0.1, -0.05) is 0 Å². The highest BCUT2D eigenvalue weighted by Gasteiger charge is 2.12. The van der Waals surface area contributed by atoms with Crippen molar-refractivity contribution in [3.8, 4) is 22.9 Å². The molecule has 0 spiro atoms. The van der Waals surface area contributed by atoms with Gasteiger partial charge < -0.3 is 20.3 Å². The smallest absolute Gasteiger partial charge is 0.239 e. The Hall–Kier alpha value is -3.82. The molecular formula is C20H22FN7O2. The van der Waals surface area contributed by atoms with Crippen molar-refractivity contribution in [3.05, 3.63) is 48.8 Å². The van der Waals surface area contributed by atoms with Crippen LogP contribution in [-0.2, 0) is 4.79 Å². The van der Waals surface area contributed by atoms with Crippen molar-refractivity contribution in [2.75, 3.05) is 37.8 Å². The minimum Gasteiger partial charge on any atom is -0.434 e. The largest absolute Gasteiger partial charge is 0.434 e. The molecule has 0 aliphatic rings. The Kier molecular flexibility index (Phi) is 6.35. The van der Waals surface area contributed by atoms with Gasteiger partial charge in [-0.15, -0.1) is 0 Å². The van der Waals surface area contributed by atoms with Gasteiger partial charge in [0.15, 0.2) is 17.4 Å². The van der Waals surface area contributed by atoms with Crippen molar-refractivity contribution in [2.45, 2.75) is 6.92 Å². The summed E-state index contributed by atoms with van der Waals surface area (Å²) < 4.78 is 20.1. The molecule has 0 saturated heterocycles. The van der Waals surface area contributed by atoms with Gasteiger partial charge in [0.25, 0.3) is 0 Å². The first-order valence-corrected chi connectivity index (χ1v) is 9.13. The lowest BCUT2D eigenvalue weighted by Gasteiger charge is -2.22. The Morgan fingerprint density at radius 1 is 1.13 bits per heavy atom. The summed E-state index contributed by atoms with van der Waals surface area (Å²) in [6, 6.07) is 4.46. The SMILES string of the molecule is CC(=O)N(C)CCN(C)c1cncc(Oc2ccc(-c3cnc(N)cn3)cc2F)n1. The number of ether oxygens (including phenoxy) is 1. The zero-order chi connectivity index (χ0) is 21.7. The molecule has 10 heteroatoms. The Balaban J connectivity index is 1.71. The van der Waals surface area contributed by atoms with Gasteiger partial charge in [-0.05, 0) is 18.2 Å². The van der Waals surface area contributed by atoms with E-state index < -0.39 is 5.82 Å². The van der Waals surface area contributed by atoms with E-state index in [0.717, 1.165) is 0 Å². The number of hydrogen-bond acceptors (Lipinski definition) is 8. The van der Waals surface area contributed by atoms with Crippen molar-refractivity contribution in [2.24, 2.45) is 0 Å². The lowest BCUT2D eigenvalue weighted by molar-refractivity contribution is -0.127. The van der Waals surface area contributed by atoms with Crippen LogP contribution in [0.25, 0.3) is 11.3 Å². The fourth-order valence-corrected chi connectivity index (χ4v) is 2.49. The molecule has 2 N–H and O–H groups in total. The van der Waals surface area contributed by atoms with Crippen LogP contribution < -0.4 is 15.4 Å². The van der Waals surface area contributed by atoms with E-state index in [1.807, 2.05) is 11.9 Å². The van der Waals surface area contributed by atoms with E-state index in [9.17, 15) is 9.18 Å². The van der Waals surface area contributed by atoms with Crippen molar-refractivity contribution in [1.29, 1.82) is 0 Å². The third kappa shape index (κ3) is 5.16. The Morgan fingerprint density at radius 3 is 2.60 bits per heavy atom. The molecule has 0 unspecified atom stereocenters. The predicted octanol–water partition coefficient (Wildman–Crippen LogP) is 2.36. The summed E-state index contributed by atoms with van der Waals surface area (Å²) in [4.78, 5) is 31.3. The number of hydrogen-bond donors (Lipinski definition) is 1. The number of anilines is 2. The number of amides is 1. The highest BCUT2D eigenvalue weighted by atomic mass is 19.1. The van der Waals surface area contributed by atoms with Crippen LogP contribution in [-0.4, -0.2) is 57.9 Å². The number of carbonyl (C=O) groups is 1. The Labute approximate surface area is 173 Å². The summed E-state index contributed by atoms with van der Waals surface area (Å²) in [6.45, 7) is 2.59. The summed E-state index contributed by atoms with van der Waals surface area (Å²) in [5.74, 6) is 0.394. The molecule has 0 atom stereocenters. The number of nitrogens with two attached hydrogens (primary N) is 1. The van der Waals surface area contributed by atoms with Gasteiger partial charge in [0.1, 0.15) is 5.82 Å². The van der Waals surface area contributed by atoms with Crippen LogP contribution in [0.4, 0.5) is 16.0 Å². The molecular weight excluding hydrogens is 389 g/mol. The van der Waals surface area contributed by atoms with Gasteiger partial charge >= 0.3 is 0 Å². The predicted molar refractivity (Wildman–Crippen MR) is 111 cm³/mol. The molecule has 0 aliphatic carbocycles. The van der Waals surface area contributed by atoms with Crippen LogP contribution in [0.1, 0.15) is 6.92 Å². The molecule has 9 nitrogen and oxygen atoms in total. The maximum absolute atomic E-state index is 14.6. The van der Waals surface area contributed by atoms with E-state index in [2.05, 4.69) is 19.9 Å². The molecule has 0 aliphatic heterocycles. The second-order valence-corrected chi connectivity index (χ2v) is 6.65. The summed E-state index contributed by atoms with van der Waals surface area (Å²) in [7, 11) is 3.55. The number of nitrogens with zero attached hydrogens (tertiary/aromatic N) is 6. The van der Waals surface area contributed by atoms with Crippen LogP contribution in [0.3, 0.4) is 0 Å². The number of carbonyl (C=O) groups excluding carboxylic acids is 1.